The minimum absolute atomic E-state index is 0.121. The fraction of sp³-hybridized carbons (Fsp3) is 0.909. The van der Waals surface area contributed by atoms with E-state index < -0.39 is 0 Å². The highest BCUT2D eigenvalue weighted by atomic mass is 16.2. The van der Waals surface area contributed by atoms with Crippen molar-refractivity contribution in [2.75, 3.05) is 39.3 Å². The molecule has 0 saturated carbocycles. The molecule has 0 aromatic rings. The Labute approximate surface area is 98.9 Å². The van der Waals surface area contributed by atoms with Gasteiger partial charge in [0.25, 0.3) is 0 Å². The average molecular weight is 230 g/mol. The normalized spacial score (nSPS) is 11.1. The van der Waals surface area contributed by atoms with E-state index in [0.29, 0.717) is 6.54 Å². The van der Waals surface area contributed by atoms with Crippen molar-refractivity contribution in [1.82, 2.24) is 15.2 Å². The molecule has 0 unspecified atom stereocenters. The van der Waals surface area contributed by atoms with Crippen LogP contribution in [0.25, 0.3) is 0 Å². The Kier molecular flexibility index (Phi) is 9.18. The Balaban J connectivity index is 3.74. The number of likely N-dealkylation sites (N-methyl/N-ethyl adjacent to an activating group) is 1. The monoisotopic (exact) mass is 230 g/mol. The quantitative estimate of drug-likeness (QED) is 0.333. The van der Waals surface area contributed by atoms with E-state index in [1.807, 2.05) is 0 Å². The van der Waals surface area contributed by atoms with Gasteiger partial charge in [-0.1, -0.05) is 20.8 Å². The van der Waals surface area contributed by atoms with Crippen LogP contribution in [0, 0.1) is 0 Å². The summed E-state index contributed by atoms with van der Waals surface area (Å²) < 4.78 is 0. The van der Waals surface area contributed by atoms with E-state index in [2.05, 4.69) is 36.0 Å². The summed E-state index contributed by atoms with van der Waals surface area (Å²) in [6.07, 6.45) is 1.09. The van der Waals surface area contributed by atoms with Gasteiger partial charge in [0.2, 0.25) is 5.91 Å². The maximum Gasteiger partial charge on any atom is 0.248 e. The van der Waals surface area contributed by atoms with E-state index in [-0.39, 0.29) is 5.91 Å². The predicted octanol–water partition coefficient (Wildman–Crippen LogP) is 0.0301. The fourth-order valence-electron chi connectivity index (χ4n) is 1.66. The van der Waals surface area contributed by atoms with Crippen LogP contribution in [0.4, 0.5) is 0 Å². The van der Waals surface area contributed by atoms with Crippen LogP contribution in [0.15, 0.2) is 0 Å². The molecule has 5 nitrogen and oxygen atoms in total. The first-order valence-electron chi connectivity index (χ1n) is 6.12. The summed E-state index contributed by atoms with van der Waals surface area (Å²) in [7, 11) is 0. The summed E-state index contributed by atoms with van der Waals surface area (Å²) in [5, 5.41) is 0. The van der Waals surface area contributed by atoms with Crippen molar-refractivity contribution in [3.05, 3.63) is 0 Å². The van der Waals surface area contributed by atoms with Gasteiger partial charge in [-0.25, -0.2) is 5.84 Å². The standard InChI is InChI=1S/C11H26N4O/c1-4-14(5-2)8-7-9-15(6-3)10-11(16)13-12/h4-10,12H2,1-3H3,(H,13,16). The summed E-state index contributed by atoms with van der Waals surface area (Å²) in [4.78, 5) is 15.6. The molecule has 5 heteroatoms. The molecule has 0 aliphatic rings. The third-order valence-corrected chi connectivity index (χ3v) is 2.82. The molecule has 0 saturated heterocycles. The number of nitrogens with one attached hydrogen (secondary N) is 1. The zero-order chi connectivity index (χ0) is 12.4. The van der Waals surface area contributed by atoms with Gasteiger partial charge in [0.15, 0.2) is 0 Å². The maximum atomic E-state index is 11.1. The van der Waals surface area contributed by atoms with Gasteiger partial charge >= 0.3 is 0 Å². The summed E-state index contributed by atoms with van der Waals surface area (Å²) in [5.41, 5.74) is 2.16. The van der Waals surface area contributed by atoms with E-state index >= 15 is 0 Å². The van der Waals surface area contributed by atoms with Gasteiger partial charge in [0.1, 0.15) is 0 Å². The fourth-order valence-corrected chi connectivity index (χ4v) is 1.66. The minimum atomic E-state index is -0.121. The molecule has 1 amide bonds. The number of hydrazine groups is 1. The second-order valence-corrected chi connectivity index (χ2v) is 3.82. The molecule has 96 valence electrons. The van der Waals surface area contributed by atoms with Crippen LogP contribution in [-0.4, -0.2) is 55.0 Å². The largest absolute Gasteiger partial charge is 0.304 e. The Morgan fingerprint density at radius 2 is 1.56 bits per heavy atom. The van der Waals surface area contributed by atoms with Gasteiger partial charge in [0.05, 0.1) is 6.54 Å². The predicted molar refractivity (Wildman–Crippen MR) is 66.8 cm³/mol. The molecular formula is C11H26N4O. The van der Waals surface area contributed by atoms with Crippen molar-refractivity contribution in [1.29, 1.82) is 0 Å². The molecule has 0 aromatic carbocycles. The Morgan fingerprint density at radius 3 is 2.00 bits per heavy atom. The lowest BCUT2D eigenvalue weighted by Crippen LogP contribution is -2.41. The lowest BCUT2D eigenvalue weighted by atomic mass is 10.3. The highest BCUT2D eigenvalue weighted by Crippen LogP contribution is 1.95. The molecule has 16 heavy (non-hydrogen) atoms. The zero-order valence-electron chi connectivity index (χ0n) is 10.8. The van der Waals surface area contributed by atoms with Crippen LogP contribution in [0.2, 0.25) is 0 Å². The molecule has 0 radical (unpaired) electrons. The van der Waals surface area contributed by atoms with Crippen LogP contribution in [0.5, 0.6) is 0 Å². The van der Waals surface area contributed by atoms with E-state index in [1.165, 1.54) is 0 Å². The average Bonchev–Trinajstić information content (AvgIpc) is 2.32. The highest BCUT2D eigenvalue weighted by molar-refractivity contribution is 5.77. The second-order valence-electron chi connectivity index (χ2n) is 3.82. The Bertz CT molecular complexity index is 183. The molecule has 0 atom stereocenters. The number of nitrogens with two attached hydrogens (primary N) is 1. The number of carbonyl (C=O) groups excluding carboxylic acids is 1. The molecule has 0 fully saturated rings. The van der Waals surface area contributed by atoms with Crippen molar-refractivity contribution >= 4 is 5.91 Å². The molecule has 3 N–H and O–H groups in total. The smallest absolute Gasteiger partial charge is 0.248 e. The number of amides is 1. The molecule has 0 aromatic heterocycles. The molecule has 0 heterocycles. The van der Waals surface area contributed by atoms with Crippen molar-refractivity contribution in [3.8, 4) is 0 Å². The van der Waals surface area contributed by atoms with Crippen LogP contribution >= 0.6 is 0 Å². The Morgan fingerprint density at radius 1 is 1.06 bits per heavy atom. The Hall–Kier alpha value is -0.650. The maximum absolute atomic E-state index is 11.1. The molecular weight excluding hydrogens is 204 g/mol. The lowest BCUT2D eigenvalue weighted by Gasteiger charge is -2.22. The van der Waals surface area contributed by atoms with Gasteiger partial charge in [-0.3, -0.25) is 15.1 Å². The van der Waals surface area contributed by atoms with Gasteiger partial charge < -0.3 is 4.90 Å². The van der Waals surface area contributed by atoms with Crippen LogP contribution < -0.4 is 11.3 Å². The summed E-state index contributed by atoms with van der Waals surface area (Å²) >= 11 is 0. The lowest BCUT2D eigenvalue weighted by molar-refractivity contribution is -0.122. The second kappa shape index (κ2) is 9.57. The first-order valence-corrected chi connectivity index (χ1v) is 6.12. The summed E-state index contributed by atoms with van der Waals surface area (Å²) in [6.45, 7) is 11.9. The summed E-state index contributed by atoms with van der Waals surface area (Å²) in [5.74, 6) is 4.94. The molecule has 0 aliphatic heterocycles. The number of nitrogens with zero attached hydrogens (tertiary/aromatic N) is 2. The van der Waals surface area contributed by atoms with Crippen LogP contribution in [-0.2, 0) is 4.79 Å². The molecule has 0 bridgehead atoms. The van der Waals surface area contributed by atoms with Gasteiger partial charge in [-0.15, -0.1) is 0 Å². The van der Waals surface area contributed by atoms with E-state index in [1.54, 1.807) is 0 Å². The van der Waals surface area contributed by atoms with Crippen LogP contribution in [0.3, 0.4) is 0 Å². The SMILES string of the molecule is CCN(CC)CCCN(CC)CC(=O)NN. The topological polar surface area (TPSA) is 61.6 Å². The highest BCUT2D eigenvalue weighted by Gasteiger charge is 2.07. The van der Waals surface area contributed by atoms with E-state index in [4.69, 9.17) is 5.84 Å². The molecule has 0 rings (SSSR count). The van der Waals surface area contributed by atoms with Crippen molar-refractivity contribution in [2.45, 2.75) is 27.2 Å². The number of rotatable bonds is 9. The van der Waals surface area contributed by atoms with Crippen molar-refractivity contribution < 1.29 is 4.79 Å². The molecule has 0 spiro atoms. The summed E-state index contributed by atoms with van der Waals surface area (Å²) in [6, 6.07) is 0. The number of carbonyl (C=O) groups is 1. The first-order chi connectivity index (χ1) is 7.67. The number of hydrogen-bond acceptors (Lipinski definition) is 4. The van der Waals surface area contributed by atoms with Gasteiger partial charge in [-0.2, -0.15) is 0 Å². The third-order valence-electron chi connectivity index (χ3n) is 2.82. The molecule has 0 aliphatic carbocycles. The zero-order valence-corrected chi connectivity index (χ0v) is 10.8. The van der Waals surface area contributed by atoms with E-state index in [9.17, 15) is 4.79 Å². The van der Waals surface area contributed by atoms with Crippen molar-refractivity contribution in [3.63, 3.8) is 0 Å². The van der Waals surface area contributed by atoms with Crippen LogP contribution in [0.1, 0.15) is 27.2 Å². The number of hydrogen-bond donors (Lipinski definition) is 2. The van der Waals surface area contributed by atoms with Crippen molar-refractivity contribution in [2.24, 2.45) is 5.84 Å². The van der Waals surface area contributed by atoms with Gasteiger partial charge in [0, 0.05) is 0 Å². The third kappa shape index (κ3) is 6.76. The first kappa shape index (κ1) is 15.3. The van der Waals surface area contributed by atoms with E-state index in [0.717, 1.165) is 39.1 Å². The van der Waals surface area contributed by atoms with Gasteiger partial charge in [-0.05, 0) is 39.1 Å². The minimum Gasteiger partial charge on any atom is -0.304 e.